The molecule has 0 saturated heterocycles. The van der Waals surface area contributed by atoms with Crippen molar-refractivity contribution in [3.8, 4) is 0 Å². The lowest BCUT2D eigenvalue weighted by atomic mass is 10.1. The standard InChI is InChI=1S/C9H18N2O/c1-9(2,7-12-3)11-8-5-4-6-10-8/h4-7H2,1-3H3,(H,10,11). The molecule has 1 N–H and O–H groups in total. The fourth-order valence-corrected chi connectivity index (χ4v) is 1.43. The van der Waals surface area contributed by atoms with Crippen molar-refractivity contribution < 1.29 is 4.74 Å². The molecule has 0 aliphatic carbocycles. The number of nitrogens with one attached hydrogen (secondary N) is 1. The second-order valence-corrected chi connectivity index (χ2v) is 3.87. The van der Waals surface area contributed by atoms with E-state index in [4.69, 9.17) is 4.74 Å². The van der Waals surface area contributed by atoms with E-state index in [1.165, 1.54) is 6.42 Å². The summed E-state index contributed by atoms with van der Waals surface area (Å²) in [5.41, 5.74) is 0.0118. The van der Waals surface area contributed by atoms with Gasteiger partial charge in [0.1, 0.15) is 0 Å². The van der Waals surface area contributed by atoms with Gasteiger partial charge in [-0.2, -0.15) is 0 Å². The third-order valence-corrected chi connectivity index (χ3v) is 1.86. The third kappa shape index (κ3) is 2.81. The number of hydrogen-bond acceptors (Lipinski definition) is 3. The Morgan fingerprint density at radius 2 is 2.33 bits per heavy atom. The van der Waals surface area contributed by atoms with E-state index in [-0.39, 0.29) is 5.54 Å². The van der Waals surface area contributed by atoms with Gasteiger partial charge in [0.05, 0.1) is 18.0 Å². The van der Waals surface area contributed by atoms with E-state index < -0.39 is 0 Å². The van der Waals surface area contributed by atoms with Crippen LogP contribution in [0.5, 0.6) is 0 Å². The first-order valence-corrected chi connectivity index (χ1v) is 4.44. The summed E-state index contributed by atoms with van der Waals surface area (Å²) in [6.45, 7) is 5.94. The van der Waals surface area contributed by atoms with Crippen LogP contribution in [-0.4, -0.2) is 31.6 Å². The molecular formula is C9H18N2O. The van der Waals surface area contributed by atoms with Crippen LogP contribution in [0.1, 0.15) is 26.7 Å². The molecule has 1 aliphatic heterocycles. The maximum absolute atomic E-state index is 5.10. The number of nitrogens with zero attached hydrogens (tertiary/aromatic N) is 1. The Hall–Kier alpha value is -0.570. The smallest absolute Gasteiger partial charge is 0.0968 e. The Morgan fingerprint density at radius 3 is 2.83 bits per heavy atom. The number of amidine groups is 1. The lowest BCUT2D eigenvalue weighted by Crippen LogP contribution is -2.46. The van der Waals surface area contributed by atoms with Gasteiger partial charge in [0.15, 0.2) is 0 Å². The van der Waals surface area contributed by atoms with Gasteiger partial charge in [-0.25, -0.2) is 0 Å². The normalized spacial score (nSPS) is 17.8. The summed E-state index contributed by atoms with van der Waals surface area (Å²) in [6, 6.07) is 0. The summed E-state index contributed by atoms with van der Waals surface area (Å²) in [7, 11) is 1.72. The summed E-state index contributed by atoms with van der Waals surface area (Å²) in [6.07, 6.45) is 2.28. The number of methoxy groups -OCH3 is 1. The van der Waals surface area contributed by atoms with E-state index in [0.29, 0.717) is 6.61 Å². The van der Waals surface area contributed by atoms with Crippen molar-refractivity contribution in [2.45, 2.75) is 32.2 Å². The molecule has 0 spiro atoms. The second-order valence-electron chi connectivity index (χ2n) is 3.87. The molecule has 12 heavy (non-hydrogen) atoms. The third-order valence-electron chi connectivity index (χ3n) is 1.86. The van der Waals surface area contributed by atoms with Crippen LogP contribution >= 0.6 is 0 Å². The zero-order chi connectivity index (χ0) is 9.03. The van der Waals surface area contributed by atoms with Crippen molar-refractivity contribution in [3.05, 3.63) is 0 Å². The molecule has 0 saturated carbocycles. The molecule has 0 atom stereocenters. The van der Waals surface area contributed by atoms with Crippen LogP contribution in [0.2, 0.25) is 0 Å². The minimum atomic E-state index is 0.0118. The average Bonchev–Trinajstić information content (AvgIpc) is 2.38. The minimum Gasteiger partial charge on any atom is -0.382 e. The van der Waals surface area contributed by atoms with E-state index in [0.717, 1.165) is 18.8 Å². The predicted molar refractivity (Wildman–Crippen MR) is 50.6 cm³/mol. The molecule has 3 heteroatoms. The van der Waals surface area contributed by atoms with Crippen molar-refractivity contribution >= 4 is 5.84 Å². The Balaban J connectivity index is 2.37. The molecule has 0 aromatic heterocycles. The number of hydrogen-bond donors (Lipinski definition) is 1. The van der Waals surface area contributed by atoms with Gasteiger partial charge < -0.3 is 10.1 Å². The number of aliphatic imine (C=N–C) groups is 1. The Labute approximate surface area is 74.2 Å². The van der Waals surface area contributed by atoms with Gasteiger partial charge in [0.25, 0.3) is 0 Å². The highest BCUT2D eigenvalue weighted by Crippen LogP contribution is 2.08. The van der Waals surface area contributed by atoms with Gasteiger partial charge in [0.2, 0.25) is 0 Å². The van der Waals surface area contributed by atoms with E-state index >= 15 is 0 Å². The molecular weight excluding hydrogens is 152 g/mol. The first-order valence-electron chi connectivity index (χ1n) is 4.44. The summed E-state index contributed by atoms with van der Waals surface area (Å²) in [5.74, 6) is 1.14. The molecule has 3 nitrogen and oxygen atoms in total. The SMILES string of the molecule is COCC(C)(C)NC1=NCCC1. The number of ether oxygens (including phenoxy) is 1. The van der Waals surface area contributed by atoms with Crippen LogP contribution in [0.3, 0.4) is 0 Å². The monoisotopic (exact) mass is 170 g/mol. The average molecular weight is 170 g/mol. The summed E-state index contributed by atoms with van der Waals surface area (Å²) >= 11 is 0. The molecule has 0 bridgehead atoms. The fourth-order valence-electron chi connectivity index (χ4n) is 1.43. The second kappa shape index (κ2) is 3.90. The zero-order valence-electron chi connectivity index (χ0n) is 8.18. The molecule has 0 unspecified atom stereocenters. The molecule has 1 aliphatic rings. The van der Waals surface area contributed by atoms with E-state index in [9.17, 15) is 0 Å². The highest BCUT2D eigenvalue weighted by Gasteiger charge is 2.19. The number of rotatable bonds is 3. The van der Waals surface area contributed by atoms with Gasteiger partial charge in [0, 0.05) is 20.1 Å². The highest BCUT2D eigenvalue weighted by atomic mass is 16.5. The van der Waals surface area contributed by atoms with Crippen molar-refractivity contribution in [2.24, 2.45) is 4.99 Å². The fraction of sp³-hybridized carbons (Fsp3) is 0.889. The Morgan fingerprint density at radius 1 is 1.58 bits per heavy atom. The first kappa shape index (κ1) is 9.52. The molecule has 70 valence electrons. The lowest BCUT2D eigenvalue weighted by Gasteiger charge is -2.26. The Kier molecular flexibility index (Phi) is 3.09. The topological polar surface area (TPSA) is 33.6 Å². The molecule has 0 fully saturated rings. The molecule has 0 radical (unpaired) electrons. The van der Waals surface area contributed by atoms with Gasteiger partial charge >= 0.3 is 0 Å². The van der Waals surface area contributed by atoms with Crippen molar-refractivity contribution in [3.63, 3.8) is 0 Å². The minimum absolute atomic E-state index is 0.0118. The van der Waals surface area contributed by atoms with Crippen LogP contribution in [0.25, 0.3) is 0 Å². The molecule has 0 amide bonds. The molecule has 1 heterocycles. The summed E-state index contributed by atoms with van der Waals surface area (Å²) < 4.78 is 5.10. The van der Waals surface area contributed by atoms with Crippen LogP contribution in [0.15, 0.2) is 4.99 Å². The summed E-state index contributed by atoms with van der Waals surface area (Å²) in [4.78, 5) is 4.35. The maximum atomic E-state index is 5.10. The quantitative estimate of drug-likeness (QED) is 0.690. The zero-order valence-corrected chi connectivity index (χ0v) is 8.18. The van der Waals surface area contributed by atoms with Crippen molar-refractivity contribution in [2.75, 3.05) is 20.3 Å². The molecule has 1 rings (SSSR count). The van der Waals surface area contributed by atoms with Gasteiger partial charge in [-0.1, -0.05) is 0 Å². The first-order chi connectivity index (χ1) is 5.64. The van der Waals surface area contributed by atoms with Gasteiger partial charge in [-0.3, -0.25) is 4.99 Å². The van der Waals surface area contributed by atoms with Crippen LogP contribution in [-0.2, 0) is 4.74 Å². The van der Waals surface area contributed by atoms with Crippen molar-refractivity contribution in [1.82, 2.24) is 5.32 Å². The van der Waals surface area contributed by atoms with E-state index in [1.54, 1.807) is 7.11 Å². The van der Waals surface area contributed by atoms with Crippen molar-refractivity contribution in [1.29, 1.82) is 0 Å². The van der Waals surface area contributed by atoms with Crippen LogP contribution in [0.4, 0.5) is 0 Å². The van der Waals surface area contributed by atoms with E-state index in [1.807, 2.05) is 0 Å². The van der Waals surface area contributed by atoms with Gasteiger partial charge in [-0.05, 0) is 20.3 Å². The predicted octanol–water partition coefficient (Wildman–Crippen LogP) is 1.19. The maximum Gasteiger partial charge on any atom is 0.0968 e. The lowest BCUT2D eigenvalue weighted by molar-refractivity contribution is 0.139. The summed E-state index contributed by atoms with van der Waals surface area (Å²) in [5, 5.41) is 3.38. The largest absolute Gasteiger partial charge is 0.382 e. The van der Waals surface area contributed by atoms with E-state index in [2.05, 4.69) is 24.2 Å². The molecule has 0 aromatic rings. The highest BCUT2D eigenvalue weighted by molar-refractivity contribution is 5.84. The molecule has 0 aromatic carbocycles. The van der Waals surface area contributed by atoms with Crippen LogP contribution in [0, 0.1) is 0 Å². The van der Waals surface area contributed by atoms with Crippen LogP contribution < -0.4 is 5.32 Å². The Bertz CT molecular complexity index is 175. The van der Waals surface area contributed by atoms with Gasteiger partial charge in [-0.15, -0.1) is 0 Å².